The molecule has 8 heteroatoms. The molecule has 0 N–H and O–H groups in total. The summed E-state index contributed by atoms with van der Waals surface area (Å²) < 4.78 is 9.63. The Morgan fingerprint density at radius 1 is 1.43 bits per heavy atom. The summed E-state index contributed by atoms with van der Waals surface area (Å²) in [5.41, 5.74) is 0.643. The molecule has 1 aliphatic heterocycles. The van der Waals surface area contributed by atoms with Crippen molar-refractivity contribution in [2.24, 2.45) is 0 Å². The molecule has 2 amide bonds. The van der Waals surface area contributed by atoms with Crippen LogP contribution in [0.5, 0.6) is 5.75 Å². The van der Waals surface area contributed by atoms with Gasteiger partial charge in [0.15, 0.2) is 6.61 Å². The third-order valence-corrected chi connectivity index (χ3v) is 3.76. The molecule has 0 unspecified atom stereocenters. The Bertz CT molecular complexity index is 723. The number of ether oxygens (including phenoxy) is 2. The summed E-state index contributed by atoms with van der Waals surface area (Å²) in [6, 6.07) is 8.62. The summed E-state index contributed by atoms with van der Waals surface area (Å²) in [7, 11) is 1.18. The van der Waals surface area contributed by atoms with Crippen LogP contribution in [0.25, 0.3) is 6.08 Å². The highest BCUT2D eigenvalue weighted by molar-refractivity contribution is 8.18. The van der Waals surface area contributed by atoms with Crippen LogP contribution in [-0.2, 0) is 14.3 Å². The first-order valence-electron chi connectivity index (χ1n) is 6.47. The lowest BCUT2D eigenvalue weighted by Gasteiger charge is -2.09. The average Bonchev–Trinajstić information content (AvgIpc) is 2.80. The molecule has 118 valence electrons. The van der Waals surface area contributed by atoms with Crippen LogP contribution < -0.4 is 4.74 Å². The van der Waals surface area contributed by atoms with Crippen LogP contribution in [0.15, 0.2) is 29.2 Å². The van der Waals surface area contributed by atoms with E-state index in [-0.39, 0.29) is 11.5 Å². The first-order valence-corrected chi connectivity index (χ1v) is 7.29. The quantitative estimate of drug-likeness (QED) is 0.599. The lowest BCUT2D eigenvalue weighted by Crippen LogP contribution is -2.34. The number of imide groups is 1. The van der Waals surface area contributed by atoms with Gasteiger partial charge in [-0.2, -0.15) is 5.26 Å². The van der Waals surface area contributed by atoms with Gasteiger partial charge in [0.1, 0.15) is 18.4 Å². The third-order valence-electron chi connectivity index (χ3n) is 2.85. The number of benzene rings is 1. The number of hydrogen-bond donors (Lipinski definition) is 0. The zero-order valence-electron chi connectivity index (χ0n) is 12.1. The van der Waals surface area contributed by atoms with Crippen molar-refractivity contribution in [1.29, 1.82) is 5.26 Å². The maximum absolute atomic E-state index is 12.2. The van der Waals surface area contributed by atoms with Gasteiger partial charge in [0.25, 0.3) is 11.1 Å². The van der Waals surface area contributed by atoms with Gasteiger partial charge in [-0.1, -0.05) is 12.1 Å². The standard InChI is InChI=1S/C15H12N2O5S/c1-21-13(18)9-17-14(19)12(23-15(17)20)8-10-3-2-4-11(7-10)22-6-5-16/h2-4,7-8H,6,9H2,1H3/b12-8-. The topological polar surface area (TPSA) is 96.7 Å². The number of nitriles is 1. The lowest BCUT2D eigenvalue weighted by atomic mass is 10.2. The molecule has 1 heterocycles. The van der Waals surface area contributed by atoms with Gasteiger partial charge in [0, 0.05) is 0 Å². The first-order chi connectivity index (χ1) is 11.0. The minimum absolute atomic E-state index is 0.0842. The first kappa shape index (κ1) is 16.6. The Kier molecular flexibility index (Phi) is 5.38. The number of rotatable bonds is 5. The molecule has 1 aliphatic rings. The van der Waals surface area contributed by atoms with Crippen molar-refractivity contribution in [3.05, 3.63) is 34.7 Å². The number of esters is 1. The molecule has 0 aromatic heterocycles. The smallest absolute Gasteiger partial charge is 0.325 e. The zero-order valence-corrected chi connectivity index (χ0v) is 13.0. The summed E-state index contributed by atoms with van der Waals surface area (Å²) >= 11 is 0.750. The molecule has 0 atom stereocenters. The molecule has 1 saturated heterocycles. The van der Waals surface area contributed by atoms with Crippen molar-refractivity contribution in [1.82, 2.24) is 4.90 Å². The molecular formula is C15H12N2O5S. The van der Waals surface area contributed by atoms with Gasteiger partial charge in [0.2, 0.25) is 0 Å². The molecule has 0 saturated carbocycles. The largest absolute Gasteiger partial charge is 0.479 e. The van der Waals surface area contributed by atoms with Gasteiger partial charge in [-0.05, 0) is 35.5 Å². The summed E-state index contributed by atoms with van der Waals surface area (Å²) in [6.45, 7) is -0.497. The highest BCUT2D eigenvalue weighted by Gasteiger charge is 2.36. The predicted molar refractivity (Wildman–Crippen MR) is 82.2 cm³/mol. The van der Waals surface area contributed by atoms with E-state index in [9.17, 15) is 14.4 Å². The second kappa shape index (κ2) is 7.47. The number of thioether (sulfide) groups is 1. The second-order valence-corrected chi connectivity index (χ2v) is 5.36. The number of methoxy groups -OCH3 is 1. The molecule has 1 aromatic rings. The maximum atomic E-state index is 12.2. The van der Waals surface area contributed by atoms with Crippen LogP contribution in [-0.4, -0.2) is 42.3 Å². The Hall–Kier alpha value is -2.79. The molecule has 1 fully saturated rings. The minimum Gasteiger partial charge on any atom is -0.479 e. The van der Waals surface area contributed by atoms with Gasteiger partial charge in [-0.3, -0.25) is 19.3 Å². The third kappa shape index (κ3) is 4.11. The van der Waals surface area contributed by atoms with Crippen molar-refractivity contribution in [3.8, 4) is 11.8 Å². The molecule has 0 radical (unpaired) electrons. The molecule has 0 spiro atoms. The van der Waals surface area contributed by atoms with Crippen molar-refractivity contribution in [2.75, 3.05) is 20.3 Å². The normalized spacial score (nSPS) is 15.7. The van der Waals surface area contributed by atoms with E-state index in [1.165, 1.54) is 13.2 Å². The predicted octanol–water partition coefficient (Wildman–Crippen LogP) is 1.80. The van der Waals surface area contributed by atoms with Crippen molar-refractivity contribution >= 4 is 35.0 Å². The summed E-state index contributed by atoms with van der Waals surface area (Å²) in [5, 5.41) is 7.97. The van der Waals surface area contributed by atoms with Crippen LogP contribution in [0, 0.1) is 11.3 Å². The molecular weight excluding hydrogens is 320 g/mol. The van der Waals surface area contributed by atoms with Crippen LogP contribution in [0.4, 0.5) is 4.79 Å². The van der Waals surface area contributed by atoms with E-state index in [1.54, 1.807) is 24.3 Å². The molecule has 0 bridgehead atoms. The molecule has 1 aromatic carbocycles. The number of hydrogen-bond acceptors (Lipinski definition) is 7. The minimum atomic E-state index is -0.666. The van der Waals surface area contributed by atoms with E-state index < -0.39 is 23.7 Å². The highest BCUT2D eigenvalue weighted by Crippen LogP contribution is 2.32. The van der Waals surface area contributed by atoms with Crippen molar-refractivity contribution in [3.63, 3.8) is 0 Å². The van der Waals surface area contributed by atoms with Crippen molar-refractivity contribution < 1.29 is 23.9 Å². The molecule has 0 aliphatic carbocycles. The molecule has 7 nitrogen and oxygen atoms in total. The molecule has 2 rings (SSSR count). The zero-order chi connectivity index (χ0) is 16.8. The van der Waals surface area contributed by atoms with Gasteiger partial charge in [-0.25, -0.2) is 0 Å². The fraction of sp³-hybridized carbons (Fsp3) is 0.200. The van der Waals surface area contributed by atoms with Crippen LogP contribution >= 0.6 is 11.8 Å². The number of amides is 2. The van der Waals surface area contributed by atoms with Crippen LogP contribution in [0.3, 0.4) is 0 Å². The number of carbonyl (C=O) groups excluding carboxylic acids is 3. The van der Waals surface area contributed by atoms with E-state index in [1.807, 2.05) is 6.07 Å². The summed E-state index contributed by atoms with van der Waals surface area (Å²) in [6.07, 6.45) is 1.53. The van der Waals surface area contributed by atoms with Gasteiger partial charge in [0.05, 0.1) is 12.0 Å². The van der Waals surface area contributed by atoms with Gasteiger partial charge >= 0.3 is 5.97 Å². The Morgan fingerprint density at radius 3 is 2.91 bits per heavy atom. The fourth-order valence-electron chi connectivity index (χ4n) is 1.79. The van der Waals surface area contributed by atoms with E-state index >= 15 is 0 Å². The van der Waals surface area contributed by atoms with Crippen LogP contribution in [0.2, 0.25) is 0 Å². The van der Waals surface area contributed by atoms with Gasteiger partial charge < -0.3 is 9.47 Å². The Balaban J connectivity index is 2.17. The monoisotopic (exact) mass is 332 g/mol. The SMILES string of the molecule is COC(=O)CN1C(=O)S/C(=C\c2cccc(OCC#N)c2)C1=O. The van der Waals surface area contributed by atoms with E-state index in [4.69, 9.17) is 10.00 Å². The lowest BCUT2D eigenvalue weighted by molar-refractivity contribution is -0.143. The average molecular weight is 332 g/mol. The van der Waals surface area contributed by atoms with E-state index in [0.29, 0.717) is 11.3 Å². The highest BCUT2D eigenvalue weighted by atomic mass is 32.2. The van der Waals surface area contributed by atoms with E-state index in [0.717, 1.165) is 16.7 Å². The fourth-order valence-corrected chi connectivity index (χ4v) is 2.63. The Morgan fingerprint density at radius 2 is 2.22 bits per heavy atom. The van der Waals surface area contributed by atoms with Crippen molar-refractivity contribution in [2.45, 2.75) is 0 Å². The molecule has 23 heavy (non-hydrogen) atoms. The summed E-state index contributed by atoms with van der Waals surface area (Å²) in [4.78, 5) is 36.2. The summed E-state index contributed by atoms with van der Waals surface area (Å²) in [5.74, 6) is -0.733. The maximum Gasteiger partial charge on any atom is 0.325 e. The second-order valence-electron chi connectivity index (χ2n) is 4.36. The number of carbonyl (C=O) groups is 3. The number of nitrogens with zero attached hydrogens (tertiary/aromatic N) is 2. The van der Waals surface area contributed by atoms with Gasteiger partial charge in [-0.15, -0.1) is 0 Å². The Labute approximate surface area is 136 Å². The van der Waals surface area contributed by atoms with E-state index in [2.05, 4.69) is 4.74 Å². The van der Waals surface area contributed by atoms with Crippen LogP contribution in [0.1, 0.15) is 5.56 Å².